The Hall–Kier alpha value is -2.30. The summed E-state index contributed by atoms with van der Waals surface area (Å²) in [5, 5.41) is 12.8. The van der Waals surface area contributed by atoms with Gasteiger partial charge in [-0.15, -0.1) is 0 Å². The molecule has 17 heavy (non-hydrogen) atoms. The molecule has 0 saturated carbocycles. The van der Waals surface area contributed by atoms with Crippen LogP contribution in [0.25, 0.3) is 10.9 Å². The summed E-state index contributed by atoms with van der Waals surface area (Å²) in [6.07, 6.45) is 0. The molecule has 88 valence electrons. The Morgan fingerprint density at radius 2 is 2.06 bits per heavy atom. The second kappa shape index (κ2) is 4.29. The van der Waals surface area contributed by atoms with Gasteiger partial charge in [0.2, 0.25) is 0 Å². The SMILES string of the molecule is CN(C)c1nc2ccccc2cc1C(N)=NO. The molecule has 0 amide bonds. The maximum atomic E-state index is 8.78. The minimum absolute atomic E-state index is 0.0620. The molecule has 0 bridgehead atoms. The maximum absolute atomic E-state index is 8.78. The number of nitrogens with two attached hydrogens (primary N) is 1. The van der Waals surface area contributed by atoms with Gasteiger partial charge in [-0.2, -0.15) is 0 Å². The van der Waals surface area contributed by atoms with Gasteiger partial charge in [0.1, 0.15) is 5.82 Å². The van der Waals surface area contributed by atoms with Crippen molar-refractivity contribution in [2.24, 2.45) is 10.9 Å². The van der Waals surface area contributed by atoms with Crippen molar-refractivity contribution in [3.05, 3.63) is 35.9 Å². The summed E-state index contributed by atoms with van der Waals surface area (Å²) in [5.74, 6) is 0.742. The Labute approximate surface area is 99.2 Å². The molecule has 1 heterocycles. The van der Waals surface area contributed by atoms with Crippen molar-refractivity contribution in [1.82, 2.24) is 4.98 Å². The Morgan fingerprint density at radius 3 is 2.71 bits per heavy atom. The highest BCUT2D eigenvalue weighted by atomic mass is 16.4. The predicted octanol–water partition coefficient (Wildman–Crippen LogP) is 1.40. The summed E-state index contributed by atoms with van der Waals surface area (Å²) in [6.45, 7) is 0. The molecule has 0 atom stereocenters. The highest BCUT2D eigenvalue weighted by Crippen LogP contribution is 2.21. The van der Waals surface area contributed by atoms with Crippen LogP contribution < -0.4 is 10.6 Å². The first-order chi connectivity index (χ1) is 8.13. The minimum Gasteiger partial charge on any atom is -0.409 e. The monoisotopic (exact) mass is 230 g/mol. The van der Waals surface area contributed by atoms with E-state index in [0.717, 1.165) is 10.9 Å². The van der Waals surface area contributed by atoms with Gasteiger partial charge in [-0.05, 0) is 12.1 Å². The molecule has 3 N–H and O–H groups in total. The van der Waals surface area contributed by atoms with Crippen LogP contribution in [0, 0.1) is 0 Å². The average Bonchev–Trinajstić information content (AvgIpc) is 2.36. The van der Waals surface area contributed by atoms with Crippen LogP contribution in [-0.2, 0) is 0 Å². The number of anilines is 1. The van der Waals surface area contributed by atoms with Crippen molar-refractivity contribution in [3.63, 3.8) is 0 Å². The maximum Gasteiger partial charge on any atom is 0.173 e. The summed E-state index contributed by atoms with van der Waals surface area (Å²) < 4.78 is 0. The zero-order chi connectivity index (χ0) is 12.4. The zero-order valence-electron chi connectivity index (χ0n) is 9.75. The Bertz CT molecular complexity index is 578. The molecule has 0 radical (unpaired) electrons. The van der Waals surface area contributed by atoms with Gasteiger partial charge in [0, 0.05) is 19.5 Å². The standard InChI is InChI=1S/C12H14N4O/c1-16(2)12-9(11(13)15-17)7-8-5-3-4-6-10(8)14-12/h3-7,17H,1-2H3,(H2,13,15). The van der Waals surface area contributed by atoms with E-state index < -0.39 is 0 Å². The number of aromatic nitrogens is 1. The summed E-state index contributed by atoms with van der Waals surface area (Å²) in [7, 11) is 3.73. The summed E-state index contributed by atoms with van der Waals surface area (Å²) in [6, 6.07) is 9.59. The van der Waals surface area contributed by atoms with Crippen molar-refractivity contribution in [1.29, 1.82) is 0 Å². The van der Waals surface area contributed by atoms with E-state index in [4.69, 9.17) is 10.9 Å². The third-order valence-electron chi connectivity index (χ3n) is 2.51. The second-order valence-electron chi connectivity index (χ2n) is 3.93. The Morgan fingerprint density at radius 1 is 1.35 bits per heavy atom. The van der Waals surface area contributed by atoms with Crippen molar-refractivity contribution in [3.8, 4) is 0 Å². The van der Waals surface area contributed by atoms with Crippen LogP contribution in [0.2, 0.25) is 0 Å². The van der Waals surface area contributed by atoms with E-state index in [0.29, 0.717) is 11.4 Å². The average molecular weight is 230 g/mol. The van der Waals surface area contributed by atoms with E-state index in [1.165, 1.54) is 0 Å². The quantitative estimate of drug-likeness (QED) is 0.354. The number of para-hydroxylation sites is 1. The lowest BCUT2D eigenvalue weighted by Crippen LogP contribution is -2.20. The van der Waals surface area contributed by atoms with E-state index in [-0.39, 0.29) is 5.84 Å². The number of oxime groups is 1. The summed E-state index contributed by atoms with van der Waals surface area (Å²) >= 11 is 0. The number of hydrogen-bond acceptors (Lipinski definition) is 4. The normalized spacial score (nSPS) is 11.8. The summed E-state index contributed by atoms with van der Waals surface area (Å²) in [4.78, 5) is 6.33. The number of amidine groups is 1. The van der Waals surface area contributed by atoms with Crippen molar-refractivity contribution in [2.45, 2.75) is 0 Å². The van der Waals surface area contributed by atoms with Gasteiger partial charge in [0.25, 0.3) is 0 Å². The number of hydrogen-bond donors (Lipinski definition) is 2. The fourth-order valence-corrected chi connectivity index (χ4v) is 1.69. The molecule has 0 saturated heterocycles. The fourth-order valence-electron chi connectivity index (χ4n) is 1.69. The molecule has 0 spiro atoms. The van der Waals surface area contributed by atoms with Crippen molar-refractivity contribution < 1.29 is 5.21 Å². The lowest BCUT2D eigenvalue weighted by Gasteiger charge is -2.16. The number of nitrogens with zero attached hydrogens (tertiary/aromatic N) is 3. The van der Waals surface area contributed by atoms with E-state index in [1.807, 2.05) is 49.3 Å². The number of fused-ring (bicyclic) bond motifs is 1. The van der Waals surface area contributed by atoms with Gasteiger partial charge < -0.3 is 15.8 Å². The van der Waals surface area contributed by atoms with Crippen LogP contribution in [0.4, 0.5) is 5.82 Å². The van der Waals surface area contributed by atoms with Crippen molar-refractivity contribution >= 4 is 22.6 Å². The third-order valence-corrected chi connectivity index (χ3v) is 2.51. The molecule has 2 rings (SSSR count). The van der Waals surface area contributed by atoms with Crippen LogP contribution in [0.3, 0.4) is 0 Å². The highest BCUT2D eigenvalue weighted by molar-refractivity contribution is 6.04. The molecule has 5 heteroatoms. The Balaban J connectivity index is 2.75. The Kier molecular flexibility index (Phi) is 2.82. The van der Waals surface area contributed by atoms with E-state index >= 15 is 0 Å². The molecule has 0 aliphatic carbocycles. The van der Waals surface area contributed by atoms with E-state index in [9.17, 15) is 0 Å². The van der Waals surface area contributed by atoms with Gasteiger partial charge in [0.15, 0.2) is 5.84 Å². The second-order valence-corrected chi connectivity index (χ2v) is 3.93. The largest absolute Gasteiger partial charge is 0.409 e. The highest BCUT2D eigenvalue weighted by Gasteiger charge is 2.12. The molecule has 0 aliphatic heterocycles. The van der Waals surface area contributed by atoms with Gasteiger partial charge in [0.05, 0.1) is 11.1 Å². The molecule has 0 aliphatic rings. The first kappa shape index (κ1) is 11.2. The fraction of sp³-hybridized carbons (Fsp3) is 0.167. The minimum atomic E-state index is 0.0620. The lowest BCUT2D eigenvalue weighted by molar-refractivity contribution is 0.318. The lowest BCUT2D eigenvalue weighted by atomic mass is 10.1. The third kappa shape index (κ3) is 1.99. The zero-order valence-corrected chi connectivity index (χ0v) is 9.75. The molecule has 1 aromatic carbocycles. The van der Waals surface area contributed by atoms with E-state index in [2.05, 4.69) is 10.1 Å². The number of benzene rings is 1. The van der Waals surface area contributed by atoms with Crippen LogP contribution in [-0.4, -0.2) is 30.1 Å². The molecule has 1 aromatic heterocycles. The predicted molar refractivity (Wildman–Crippen MR) is 68.6 cm³/mol. The first-order valence-corrected chi connectivity index (χ1v) is 5.18. The van der Waals surface area contributed by atoms with Crippen LogP contribution in [0.1, 0.15) is 5.56 Å². The molecule has 2 aromatic rings. The van der Waals surface area contributed by atoms with Gasteiger partial charge in [-0.25, -0.2) is 4.98 Å². The van der Waals surface area contributed by atoms with Crippen LogP contribution in [0.15, 0.2) is 35.5 Å². The smallest absolute Gasteiger partial charge is 0.173 e. The molecular weight excluding hydrogens is 216 g/mol. The number of rotatable bonds is 2. The van der Waals surface area contributed by atoms with E-state index in [1.54, 1.807) is 0 Å². The number of pyridine rings is 1. The molecule has 5 nitrogen and oxygen atoms in total. The van der Waals surface area contributed by atoms with Crippen LogP contribution in [0.5, 0.6) is 0 Å². The van der Waals surface area contributed by atoms with Crippen molar-refractivity contribution in [2.75, 3.05) is 19.0 Å². The molecular formula is C12H14N4O. The van der Waals surface area contributed by atoms with Crippen LogP contribution >= 0.6 is 0 Å². The molecule has 0 fully saturated rings. The first-order valence-electron chi connectivity index (χ1n) is 5.18. The summed E-state index contributed by atoms with van der Waals surface area (Å²) in [5.41, 5.74) is 7.16. The van der Waals surface area contributed by atoms with Gasteiger partial charge in [-0.3, -0.25) is 0 Å². The molecule has 0 unspecified atom stereocenters. The van der Waals surface area contributed by atoms with Gasteiger partial charge in [-0.1, -0.05) is 23.4 Å². The van der Waals surface area contributed by atoms with Gasteiger partial charge >= 0.3 is 0 Å². The topological polar surface area (TPSA) is 74.7 Å².